The summed E-state index contributed by atoms with van der Waals surface area (Å²) < 4.78 is 5.30. The lowest BCUT2D eigenvalue weighted by Gasteiger charge is -2.29. The molecule has 1 N–H and O–H groups in total. The Bertz CT molecular complexity index is 906. The average molecular weight is 497 g/mol. The molecule has 8 heteroatoms. The van der Waals surface area contributed by atoms with Crippen LogP contribution in [0.15, 0.2) is 42.5 Å². The van der Waals surface area contributed by atoms with E-state index in [1.807, 2.05) is 38.1 Å². The van der Waals surface area contributed by atoms with Crippen molar-refractivity contribution in [2.45, 2.75) is 51.6 Å². The molecule has 0 fully saturated rings. The summed E-state index contributed by atoms with van der Waals surface area (Å²) in [6, 6.07) is 12.3. The second-order valence-corrected chi connectivity index (χ2v) is 9.36. The number of carbonyl (C=O) groups is 2. The molecule has 2 aromatic rings. The van der Waals surface area contributed by atoms with Gasteiger partial charge in [-0.3, -0.25) is 9.59 Å². The second-order valence-electron chi connectivity index (χ2n) is 7.56. The van der Waals surface area contributed by atoms with Crippen LogP contribution in [0.25, 0.3) is 0 Å². The molecule has 0 aliphatic carbocycles. The third kappa shape index (κ3) is 7.61. The number of carbonyl (C=O) groups excluding carboxylic acids is 2. The first-order valence-corrected chi connectivity index (χ1v) is 12.4. The first kappa shape index (κ1) is 26.4. The Morgan fingerprint density at radius 3 is 2.41 bits per heavy atom. The van der Waals surface area contributed by atoms with E-state index in [-0.39, 0.29) is 23.6 Å². The molecular formula is C24H30Cl2N2O3S. The van der Waals surface area contributed by atoms with Crippen LogP contribution in [0.2, 0.25) is 10.0 Å². The Balaban J connectivity index is 2.14. The molecule has 0 unspecified atom stereocenters. The molecule has 0 saturated heterocycles. The maximum absolute atomic E-state index is 13.2. The highest BCUT2D eigenvalue weighted by atomic mass is 35.5. The van der Waals surface area contributed by atoms with Gasteiger partial charge in [-0.15, -0.1) is 11.8 Å². The Kier molecular flexibility index (Phi) is 10.7. The fraction of sp³-hybridized carbons (Fsp3) is 0.417. The highest BCUT2D eigenvalue weighted by molar-refractivity contribution is 7.99. The fourth-order valence-corrected chi connectivity index (χ4v) is 4.66. The van der Waals surface area contributed by atoms with Crippen LogP contribution in [0.4, 0.5) is 0 Å². The van der Waals surface area contributed by atoms with Crippen LogP contribution in [0.1, 0.15) is 38.3 Å². The topological polar surface area (TPSA) is 58.6 Å². The molecular weight excluding hydrogens is 467 g/mol. The maximum atomic E-state index is 13.2. The summed E-state index contributed by atoms with van der Waals surface area (Å²) in [7, 11) is 1.60. The number of hydrogen-bond acceptors (Lipinski definition) is 4. The molecule has 0 saturated carbocycles. The number of thioether (sulfide) groups is 1. The van der Waals surface area contributed by atoms with Crippen LogP contribution in [-0.2, 0) is 21.9 Å². The molecule has 2 amide bonds. The van der Waals surface area contributed by atoms with Crippen LogP contribution in [0, 0.1) is 0 Å². The number of nitrogens with zero attached hydrogens (tertiary/aromatic N) is 1. The predicted molar refractivity (Wildman–Crippen MR) is 134 cm³/mol. The molecule has 174 valence electrons. The molecule has 0 aliphatic heterocycles. The van der Waals surface area contributed by atoms with Crippen LogP contribution in [0.3, 0.4) is 0 Å². The van der Waals surface area contributed by atoms with Gasteiger partial charge in [0.2, 0.25) is 11.8 Å². The maximum Gasteiger partial charge on any atom is 0.242 e. The summed E-state index contributed by atoms with van der Waals surface area (Å²) in [6.07, 6.45) is 0.816. The minimum atomic E-state index is -0.618. The van der Waals surface area contributed by atoms with Crippen LogP contribution >= 0.6 is 35.0 Å². The van der Waals surface area contributed by atoms with E-state index in [9.17, 15) is 9.59 Å². The Morgan fingerprint density at radius 2 is 1.78 bits per heavy atom. The number of rotatable bonds is 11. The average Bonchev–Trinajstić information content (AvgIpc) is 2.78. The van der Waals surface area contributed by atoms with Crippen molar-refractivity contribution in [3.63, 3.8) is 0 Å². The van der Waals surface area contributed by atoms with Crippen molar-refractivity contribution in [1.82, 2.24) is 10.2 Å². The van der Waals surface area contributed by atoms with Gasteiger partial charge in [0.25, 0.3) is 0 Å². The third-order valence-corrected chi connectivity index (χ3v) is 6.84. The van der Waals surface area contributed by atoms with E-state index in [1.54, 1.807) is 37.1 Å². The number of halogens is 2. The summed E-state index contributed by atoms with van der Waals surface area (Å²) in [5, 5.41) is 4.12. The fourth-order valence-electron chi connectivity index (χ4n) is 3.01. The lowest BCUT2D eigenvalue weighted by molar-refractivity contribution is -0.138. The zero-order valence-electron chi connectivity index (χ0n) is 18.9. The number of benzene rings is 2. The van der Waals surface area contributed by atoms with E-state index in [1.165, 1.54) is 11.8 Å². The highest BCUT2D eigenvalue weighted by Gasteiger charge is 2.27. The van der Waals surface area contributed by atoms with Crippen molar-refractivity contribution in [2.75, 3.05) is 12.9 Å². The number of hydrogen-bond donors (Lipinski definition) is 1. The van der Waals surface area contributed by atoms with Gasteiger partial charge in [0.15, 0.2) is 0 Å². The zero-order chi connectivity index (χ0) is 23.7. The van der Waals surface area contributed by atoms with Gasteiger partial charge in [0.05, 0.1) is 12.9 Å². The number of ether oxygens (including phenoxy) is 1. The normalized spacial score (nSPS) is 12.7. The van der Waals surface area contributed by atoms with E-state index < -0.39 is 6.04 Å². The predicted octanol–water partition coefficient (Wildman–Crippen LogP) is 5.57. The third-order valence-electron chi connectivity index (χ3n) is 5.19. The lowest BCUT2D eigenvalue weighted by atomic mass is 10.1. The van der Waals surface area contributed by atoms with Gasteiger partial charge in [-0.2, -0.15) is 0 Å². The van der Waals surface area contributed by atoms with Gasteiger partial charge < -0.3 is 15.0 Å². The van der Waals surface area contributed by atoms with Gasteiger partial charge in [0.1, 0.15) is 11.8 Å². The van der Waals surface area contributed by atoms with Crippen molar-refractivity contribution in [2.24, 2.45) is 0 Å². The Hall–Kier alpha value is -1.89. The Labute approximate surface area is 204 Å². The van der Waals surface area contributed by atoms with Crippen molar-refractivity contribution >= 4 is 46.8 Å². The minimum Gasteiger partial charge on any atom is -0.497 e. The monoisotopic (exact) mass is 496 g/mol. The van der Waals surface area contributed by atoms with Gasteiger partial charge in [-0.1, -0.05) is 48.3 Å². The summed E-state index contributed by atoms with van der Waals surface area (Å²) in [5.74, 6) is 1.11. The molecule has 0 heterocycles. The SMILES string of the molecule is CC[C@@H](C)NC(=O)[C@@H](C)N(Cc1cccc(OC)c1)C(=O)CSCc1c(Cl)cccc1Cl. The quantitative estimate of drug-likeness (QED) is 0.441. The minimum absolute atomic E-state index is 0.0375. The molecule has 0 bridgehead atoms. The van der Waals surface area contributed by atoms with Gasteiger partial charge in [-0.05, 0) is 55.7 Å². The first-order chi connectivity index (χ1) is 15.3. The van der Waals surface area contributed by atoms with Crippen molar-refractivity contribution in [3.8, 4) is 5.75 Å². The van der Waals surface area contributed by atoms with Crippen molar-refractivity contribution in [1.29, 1.82) is 0 Å². The van der Waals surface area contributed by atoms with Crippen LogP contribution < -0.4 is 10.1 Å². The van der Waals surface area contributed by atoms with E-state index in [2.05, 4.69) is 5.32 Å². The summed E-state index contributed by atoms with van der Waals surface area (Å²) in [6.45, 7) is 6.01. The van der Waals surface area contributed by atoms with E-state index >= 15 is 0 Å². The molecule has 2 aromatic carbocycles. The molecule has 2 atom stereocenters. The van der Waals surface area contributed by atoms with Gasteiger partial charge in [0, 0.05) is 28.4 Å². The summed E-state index contributed by atoms with van der Waals surface area (Å²) >= 11 is 13.9. The van der Waals surface area contributed by atoms with Gasteiger partial charge in [-0.25, -0.2) is 0 Å². The molecule has 0 aliphatic rings. The number of amides is 2. The van der Waals surface area contributed by atoms with E-state index in [0.29, 0.717) is 28.1 Å². The van der Waals surface area contributed by atoms with Crippen LogP contribution in [-0.4, -0.2) is 41.7 Å². The van der Waals surface area contributed by atoms with Crippen molar-refractivity contribution in [3.05, 3.63) is 63.6 Å². The smallest absolute Gasteiger partial charge is 0.242 e. The summed E-state index contributed by atoms with van der Waals surface area (Å²) in [5.41, 5.74) is 1.69. The zero-order valence-corrected chi connectivity index (χ0v) is 21.2. The van der Waals surface area contributed by atoms with E-state index in [0.717, 1.165) is 17.5 Å². The Morgan fingerprint density at radius 1 is 1.12 bits per heavy atom. The largest absolute Gasteiger partial charge is 0.497 e. The van der Waals surface area contributed by atoms with Gasteiger partial charge >= 0.3 is 0 Å². The second kappa shape index (κ2) is 13.0. The molecule has 5 nitrogen and oxygen atoms in total. The molecule has 2 rings (SSSR count). The molecule has 32 heavy (non-hydrogen) atoms. The highest BCUT2D eigenvalue weighted by Crippen LogP contribution is 2.28. The first-order valence-electron chi connectivity index (χ1n) is 10.5. The lowest BCUT2D eigenvalue weighted by Crippen LogP contribution is -2.50. The standard InChI is InChI=1S/C24H30Cl2N2O3S/c1-5-16(2)27-24(30)17(3)28(13-18-8-6-9-19(12-18)31-4)23(29)15-32-14-20-21(25)10-7-11-22(20)26/h6-12,16-17H,5,13-15H2,1-4H3,(H,27,30)/t16-,17-/m1/s1. The van der Waals surface area contributed by atoms with Crippen LogP contribution in [0.5, 0.6) is 5.75 Å². The summed E-state index contributed by atoms with van der Waals surface area (Å²) in [4.78, 5) is 27.6. The number of methoxy groups -OCH3 is 1. The number of nitrogens with one attached hydrogen (secondary N) is 1. The molecule has 0 radical (unpaired) electrons. The van der Waals surface area contributed by atoms with Crippen molar-refractivity contribution < 1.29 is 14.3 Å². The van der Waals surface area contributed by atoms with E-state index in [4.69, 9.17) is 27.9 Å². The molecule has 0 aromatic heterocycles. The molecule has 0 spiro atoms.